The van der Waals surface area contributed by atoms with E-state index in [1.165, 1.54) is 12.1 Å². The quantitative estimate of drug-likeness (QED) is 0.335. The van der Waals surface area contributed by atoms with Crippen molar-refractivity contribution in [3.05, 3.63) is 47.0 Å². The van der Waals surface area contributed by atoms with Gasteiger partial charge in [0, 0.05) is 63.0 Å². The van der Waals surface area contributed by atoms with E-state index in [1.807, 2.05) is 24.7 Å². The topological polar surface area (TPSA) is 110 Å². The van der Waals surface area contributed by atoms with Crippen LogP contribution in [0.4, 0.5) is 10.1 Å². The number of carbonyl (C=O) groups is 2. The largest absolute Gasteiger partial charge is 0.381 e. The summed E-state index contributed by atoms with van der Waals surface area (Å²) in [6, 6.07) is 4.57. The number of nitrogens with zero attached hydrogens (tertiary/aromatic N) is 3. The van der Waals surface area contributed by atoms with Gasteiger partial charge in [0.25, 0.3) is 0 Å². The molecule has 200 valence electrons. The summed E-state index contributed by atoms with van der Waals surface area (Å²) in [6.07, 6.45) is 4.42. The van der Waals surface area contributed by atoms with Crippen molar-refractivity contribution in [2.45, 2.75) is 71.6 Å². The predicted octanol–water partition coefficient (Wildman–Crippen LogP) is 2.25. The van der Waals surface area contributed by atoms with Crippen LogP contribution in [0, 0.1) is 5.82 Å². The molecule has 1 fully saturated rings. The maximum atomic E-state index is 13.3. The molecule has 2 radical (unpaired) electrons. The Hall–Kier alpha value is -3.47. The van der Waals surface area contributed by atoms with Crippen LogP contribution in [-0.2, 0) is 40.4 Å². The molecule has 3 heterocycles. The lowest BCUT2D eigenvalue weighted by molar-refractivity contribution is -0.126. The van der Waals surface area contributed by atoms with E-state index in [0.717, 1.165) is 40.8 Å². The van der Waals surface area contributed by atoms with Gasteiger partial charge in [-0.2, -0.15) is 5.10 Å². The molecule has 0 bridgehead atoms. The van der Waals surface area contributed by atoms with Gasteiger partial charge < -0.3 is 20.7 Å². The number of aromatic nitrogens is 3. The van der Waals surface area contributed by atoms with Crippen LogP contribution in [0.2, 0.25) is 0 Å². The summed E-state index contributed by atoms with van der Waals surface area (Å²) in [4.78, 5) is 29.8. The van der Waals surface area contributed by atoms with Crippen molar-refractivity contribution in [1.29, 1.82) is 0 Å². The van der Waals surface area contributed by atoms with Crippen LogP contribution in [-0.4, -0.2) is 53.7 Å². The Bertz CT molecular complexity index is 1290. The zero-order valence-corrected chi connectivity index (χ0v) is 22.0. The molecular weight excluding hydrogens is 486 g/mol. The highest BCUT2D eigenvalue weighted by Gasteiger charge is 2.22. The Kier molecular flexibility index (Phi) is 9.33. The minimum Gasteiger partial charge on any atom is -0.381 e. The smallest absolute Gasteiger partial charge is 0.220 e. The summed E-state index contributed by atoms with van der Waals surface area (Å²) < 4.78 is 20.7. The van der Waals surface area contributed by atoms with Crippen molar-refractivity contribution < 1.29 is 18.7 Å². The van der Waals surface area contributed by atoms with Gasteiger partial charge in [0.15, 0.2) is 5.65 Å². The van der Waals surface area contributed by atoms with Crippen LogP contribution >= 0.6 is 0 Å². The molecule has 4 rings (SSSR count). The van der Waals surface area contributed by atoms with Gasteiger partial charge in [-0.25, -0.2) is 14.1 Å². The maximum Gasteiger partial charge on any atom is 0.220 e. The Labute approximate surface area is 223 Å². The number of anilines is 1. The fourth-order valence-corrected chi connectivity index (χ4v) is 4.60. The molecule has 1 saturated heterocycles. The van der Waals surface area contributed by atoms with Crippen molar-refractivity contribution in [3.8, 4) is 0 Å². The van der Waals surface area contributed by atoms with Gasteiger partial charge in [0.05, 0.1) is 17.3 Å². The molecule has 0 aliphatic carbocycles. The summed E-state index contributed by atoms with van der Waals surface area (Å²) in [5.74, 6) is -0.994. The Balaban J connectivity index is 1.40. The van der Waals surface area contributed by atoms with Crippen molar-refractivity contribution in [2.24, 2.45) is 0 Å². The molecule has 0 spiro atoms. The van der Waals surface area contributed by atoms with Crippen molar-refractivity contribution in [1.82, 2.24) is 25.4 Å². The lowest BCUT2D eigenvalue weighted by Gasteiger charge is -2.26. The molecule has 1 aliphatic rings. The van der Waals surface area contributed by atoms with Crippen LogP contribution in [0.15, 0.2) is 24.4 Å². The number of benzene rings is 1. The zero-order chi connectivity index (χ0) is 27.1. The normalized spacial score (nSPS) is 14.0. The summed E-state index contributed by atoms with van der Waals surface area (Å²) in [6.45, 7) is 6.72. The van der Waals surface area contributed by atoms with E-state index in [9.17, 15) is 14.0 Å². The van der Waals surface area contributed by atoms with Gasteiger partial charge >= 0.3 is 0 Å². The minimum atomic E-state index is -0.498. The molecule has 0 atom stereocenters. The van der Waals surface area contributed by atoms with Gasteiger partial charge in [0.1, 0.15) is 13.7 Å². The monoisotopic (exact) mass is 520 g/mol. The molecule has 0 unspecified atom stereocenters. The van der Waals surface area contributed by atoms with E-state index in [1.54, 1.807) is 6.07 Å². The van der Waals surface area contributed by atoms with Crippen LogP contribution < -0.4 is 21.4 Å². The molecule has 2 amide bonds. The second kappa shape index (κ2) is 12.9. The SMILES string of the molecule is [B]c1cc(CNC(=O)CCC(=O)NCc2c(CC)nc3c(cnn3CC)c2NC2CCOCC2)ccc1F. The number of aryl methyl sites for hydroxylation is 2. The number of rotatable bonds is 11. The van der Waals surface area contributed by atoms with Crippen LogP contribution in [0.25, 0.3) is 11.0 Å². The van der Waals surface area contributed by atoms with Gasteiger partial charge in [-0.1, -0.05) is 24.5 Å². The van der Waals surface area contributed by atoms with Crippen molar-refractivity contribution in [3.63, 3.8) is 0 Å². The molecule has 9 nitrogen and oxygen atoms in total. The lowest BCUT2D eigenvalue weighted by Crippen LogP contribution is -2.30. The lowest BCUT2D eigenvalue weighted by atomic mass is 9.93. The third kappa shape index (κ3) is 6.69. The number of pyridine rings is 1. The number of amides is 2. The first-order valence-corrected chi connectivity index (χ1v) is 13.2. The fourth-order valence-electron chi connectivity index (χ4n) is 4.60. The average molecular weight is 520 g/mol. The highest BCUT2D eigenvalue weighted by molar-refractivity contribution is 6.32. The molecule has 0 saturated carbocycles. The van der Waals surface area contributed by atoms with E-state index in [-0.39, 0.29) is 42.7 Å². The molecule has 38 heavy (non-hydrogen) atoms. The molecular formula is C27H34BFN6O3. The second-order valence-electron chi connectivity index (χ2n) is 9.40. The third-order valence-corrected chi connectivity index (χ3v) is 6.77. The van der Waals surface area contributed by atoms with E-state index >= 15 is 0 Å². The van der Waals surface area contributed by atoms with E-state index in [4.69, 9.17) is 17.6 Å². The Morgan fingerprint density at radius 1 is 1.13 bits per heavy atom. The molecule has 3 aromatic rings. The highest BCUT2D eigenvalue weighted by atomic mass is 19.1. The van der Waals surface area contributed by atoms with Gasteiger partial charge in [-0.3, -0.25) is 9.59 Å². The number of nitrogens with one attached hydrogen (secondary N) is 3. The highest BCUT2D eigenvalue weighted by Crippen LogP contribution is 2.31. The van der Waals surface area contributed by atoms with Crippen LogP contribution in [0.3, 0.4) is 0 Å². The van der Waals surface area contributed by atoms with Crippen LogP contribution in [0.1, 0.15) is 56.4 Å². The van der Waals surface area contributed by atoms with E-state index in [2.05, 4.69) is 21.0 Å². The van der Waals surface area contributed by atoms with Gasteiger partial charge in [-0.15, -0.1) is 0 Å². The third-order valence-electron chi connectivity index (χ3n) is 6.77. The summed E-state index contributed by atoms with van der Waals surface area (Å²) in [5, 5.41) is 14.8. The fraction of sp³-hybridized carbons (Fsp3) is 0.481. The van der Waals surface area contributed by atoms with Gasteiger partial charge in [-0.05, 0) is 37.8 Å². The number of carbonyl (C=O) groups excluding carboxylic acids is 2. The maximum absolute atomic E-state index is 13.3. The summed E-state index contributed by atoms with van der Waals surface area (Å²) >= 11 is 0. The molecule has 11 heteroatoms. The number of fused-ring (bicyclic) bond motifs is 1. The average Bonchev–Trinajstić information content (AvgIpc) is 3.35. The predicted molar refractivity (Wildman–Crippen MR) is 145 cm³/mol. The second-order valence-corrected chi connectivity index (χ2v) is 9.40. The number of hydrogen-bond donors (Lipinski definition) is 3. The first kappa shape index (κ1) is 27.6. The number of hydrogen-bond acceptors (Lipinski definition) is 6. The first-order chi connectivity index (χ1) is 18.4. The molecule has 1 aliphatic heterocycles. The summed E-state index contributed by atoms with van der Waals surface area (Å²) in [7, 11) is 5.57. The first-order valence-electron chi connectivity index (χ1n) is 13.2. The van der Waals surface area contributed by atoms with Crippen molar-refractivity contribution in [2.75, 3.05) is 18.5 Å². The zero-order valence-electron chi connectivity index (χ0n) is 22.0. The Morgan fingerprint density at radius 2 is 1.84 bits per heavy atom. The Morgan fingerprint density at radius 3 is 2.50 bits per heavy atom. The number of ether oxygens (including phenoxy) is 1. The molecule has 2 aromatic heterocycles. The van der Waals surface area contributed by atoms with E-state index < -0.39 is 5.82 Å². The number of halogens is 1. The minimum absolute atomic E-state index is 0.0305. The van der Waals surface area contributed by atoms with E-state index in [0.29, 0.717) is 38.3 Å². The summed E-state index contributed by atoms with van der Waals surface area (Å²) in [5.41, 5.74) is 4.34. The van der Waals surface area contributed by atoms with Gasteiger partial charge in [0.2, 0.25) is 11.8 Å². The van der Waals surface area contributed by atoms with Crippen LogP contribution in [0.5, 0.6) is 0 Å². The molecule has 3 N–H and O–H groups in total. The standard InChI is InChI=1S/C27H34BFN6O3/c1-3-23-19(15-31-25(37)8-7-24(36)30-14-17-5-6-22(29)21(28)13-17)26(33-18-9-11-38-12-10-18)20-16-32-35(4-2)27(20)34-23/h5-6,13,16,18H,3-4,7-12,14-15H2,1-2H3,(H,30,36)(H,31,37)(H,33,34). The van der Waals surface area contributed by atoms with Crippen molar-refractivity contribution >= 4 is 41.8 Å². The molecule has 1 aromatic carbocycles.